The van der Waals surface area contributed by atoms with Crippen LogP contribution < -0.4 is 10.1 Å². The number of benzene rings is 3. The molecule has 1 fully saturated rings. The normalized spacial score (nSPS) is 20.4. The maximum absolute atomic E-state index is 6.54. The fourth-order valence-corrected chi connectivity index (χ4v) is 5.33. The van der Waals surface area contributed by atoms with E-state index in [1.54, 1.807) is 12.1 Å². The third-order valence-electron chi connectivity index (χ3n) is 5.59. The van der Waals surface area contributed by atoms with Gasteiger partial charge in [0.05, 0.1) is 10.0 Å². The van der Waals surface area contributed by atoms with Gasteiger partial charge in [0, 0.05) is 34.2 Å². The maximum atomic E-state index is 6.54. The van der Waals surface area contributed by atoms with Crippen molar-refractivity contribution >= 4 is 34.8 Å². The van der Waals surface area contributed by atoms with E-state index in [1.807, 2.05) is 18.2 Å². The summed E-state index contributed by atoms with van der Waals surface area (Å²) in [5, 5.41) is 5.13. The quantitative estimate of drug-likeness (QED) is 0.481. The lowest BCUT2D eigenvalue weighted by Crippen LogP contribution is -2.37. The van der Waals surface area contributed by atoms with Gasteiger partial charge in [-0.05, 0) is 48.4 Å². The highest BCUT2D eigenvalue weighted by Gasteiger charge is 2.38. The molecule has 0 aliphatic carbocycles. The van der Waals surface area contributed by atoms with Crippen LogP contribution in [0.25, 0.3) is 22.3 Å². The lowest BCUT2D eigenvalue weighted by atomic mass is 9.87. The van der Waals surface area contributed by atoms with E-state index in [2.05, 4.69) is 29.6 Å². The summed E-state index contributed by atoms with van der Waals surface area (Å²) in [5.41, 5.74) is 5.20. The molecule has 3 aromatic carbocycles. The van der Waals surface area contributed by atoms with Crippen LogP contribution in [0.4, 0.5) is 0 Å². The van der Waals surface area contributed by atoms with E-state index < -0.39 is 0 Å². The van der Waals surface area contributed by atoms with Crippen LogP contribution >= 0.6 is 34.8 Å². The number of hydrogen-bond donors (Lipinski definition) is 1. The first-order valence-corrected chi connectivity index (χ1v) is 10.5. The number of ether oxygens (including phenoxy) is 1. The minimum atomic E-state index is 0.213. The Morgan fingerprint density at radius 2 is 1.64 bits per heavy atom. The lowest BCUT2D eigenvalue weighted by molar-refractivity contribution is 0.173. The van der Waals surface area contributed by atoms with Crippen molar-refractivity contribution in [3.8, 4) is 28.0 Å². The van der Waals surface area contributed by atoms with Crippen molar-refractivity contribution in [3.05, 3.63) is 75.2 Å². The van der Waals surface area contributed by atoms with Crippen molar-refractivity contribution in [2.24, 2.45) is 0 Å². The molecule has 2 atom stereocenters. The van der Waals surface area contributed by atoms with E-state index >= 15 is 0 Å². The molecule has 2 unspecified atom stereocenters. The second-order valence-corrected chi connectivity index (χ2v) is 8.56. The summed E-state index contributed by atoms with van der Waals surface area (Å²) < 4.78 is 6.44. The van der Waals surface area contributed by atoms with Gasteiger partial charge in [-0.2, -0.15) is 0 Å². The average molecular weight is 431 g/mol. The van der Waals surface area contributed by atoms with E-state index in [0.29, 0.717) is 21.0 Å². The average Bonchev–Trinajstić information content (AvgIpc) is 3.06. The zero-order valence-corrected chi connectivity index (χ0v) is 17.3. The van der Waals surface area contributed by atoms with Crippen LogP contribution in [0.15, 0.2) is 54.6 Å². The van der Waals surface area contributed by atoms with Crippen molar-refractivity contribution in [3.63, 3.8) is 0 Å². The summed E-state index contributed by atoms with van der Waals surface area (Å²) in [6.45, 7) is 1.90. The molecule has 5 rings (SSSR count). The Bertz CT molecular complexity index is 1030. The minimum Gasteiger partial charge on any atom is -0.489 e. The molecule has 0 bridgehead atoms. The van der Waals surface area contributed by atoms with Gasteiger partial charge in [0.2, 0.25) is 0 Å². The molecule has 142 valence electrons. The van der Waals surface area contributed by atoms with Gasteiger partial charge < -0.3 is 10.1 Å². The highest BCUT2D eigenvalue weighted by molar-refractivity contribution is 6.41. The van der Waals surface area contributed by atoms with E-state index in [-0.39, 0.29) is 6.10 Å². The summed E-state index contributed by atoms with van der Waals surface area (Å²) in [4.78, 5) is 0. The zero-order valence-electron chi connectivity index (χ0n) is 15.0. The van der Waals surface area contributed by atoms with Crippen molar-refractivity contribution < 1.29 is 4.74 Å². The van der Waals surface area contributed by atoms with Crippen LogP contribution in [0.5, 0.6) is 5.75 Å². The predicted octanol–water partition coefficient (Wildman–Crippen LogP) is 6.82. The topological polar surface area (TPSA) is 21.3 Å². The summed E-state index contributed by atoms with van der Waals surface area (Å²) in [6.07, 6.45) is 1.22. The summed E-state index contributed by atoms with van der Waals surface area (Å²) in [5.74, 6) is 1.31. The predicted molar refractivity (Wildman–Crippen MR) is 117 cm³/mol. The van der Waals surface area contributed by atoms with Crippen LogP contribution in [-0.2, 0) is 0 Å². The smallest absolute Gasteiger partial charge is 0.131 e. The standard InChI is InChI=1S/C23H18Cl3NO/c24-15-10-19(25)22(20(26)11-15)14-8-16(13-4-2-1-3-5-13)23-17(9-14)18-12-27-7-6-21(18)28-23/h1-5,8-11,18,21,27H,6-7,12H2. The Hall–Kier alpha value is -1.71. The molecule has 5 heteroatoms. The van der Waals surface area contributed by atoms with E-state index in [1.165, 1.54) is 5.56 Å². The lowest BCUT2D eigenvalue weighted by Gasteiger charge is -2.25. The summed E-state index contributed by atoms with van der Waals surface area (Å²) in [6, 6.07) is 18.1. The highest BCUT2D eigenvalue weighted by Crippen LogP contribution is 2.49. The largest absolute Gasteiger partial charge is 0.489 e. The second kappa shape index (κ2) is 7.27. The molecule has 2 aliphatic rings. The van der Waals surface area contributed by atoms with E-state index in [4.69, 9.17) is 39.5 Å². The number of fused-ring (bicyclic) bond motifs is 3. The molecule has 3 aromatic rings. The van der Waals surface area contributed by atoms with Gasteiger partial charge >= 0.3 is 0 Å². The summed E-state index contributed by atoms with van der Waals surface area (Å²) in [7, 11) is 0. The van der Waals surface area contributed by atoms with Gasteiger partial charge in [0.1, 0.15) is 11.9 Å². The van der Waals surface area contributed by atoms with Crippen molar-refractivity contribution in [2.45, 2.75) is 18.4 Å². The number of halogens is 3. The molecule has 2 heterocycles. The molecule has 0 amide bonds. The molecule has 2 nitrogen and oxygen atoms in total. The van der Waals surface area contributed by atoms with Crippen LogP contribution in [-0.4, -0.2) is 19.2 Å². The van der Waals surface area contributed by atoms with Gasteiger partial charge in [0.15, 0.2) is 0 Å². The van der Waals surface area contributed by atoms with E-state index in [9.17, 15) is 0 Å². The Labute approximate surface area is 179 Å². The number of nitrogens with one attached hydrogen (secondary N) is 1. The molecular formula is C23H18Cl3NO. The number of hydrogen-bond acceptors (Lipinski definition) is 2. The Kier molecular flexibility index (Phi) is 4.76. The minimum absolute atomic E-state index is 0.213. The number of rotatable bonds is 2. The Morgan fingerprint density at radius 3 is 2.39 bits per heavy atom. The molecule has 28 heavy (non-hydrogen) atoms. The molecule has 1 saturated heterocycles. The first kappa shape index (κ1) is 18.3. The molecule has 0 saturated carbocycles. The van der Waals surface area contributed by atoms with Crippen LogP contribution in [0.1, 0.15) is 17.9 Å². The van der Waals surface area contributed by atoms with Gasteiger partial charge in [-0.25, -0.2) is 0 Å². The molecule has 2 aliphatic heterocycles. The summed E-state index contributed by atoms with van der Waals surface area (Å²) >= 11 is 19.2. The maximum Gasteiger partial charge on any atom is 0.131 e. The van der Waals surface area contributed by atoms with Crippen LogP contribution in [0.3, 0.4) is 0 Å². The fourth-order valence-electron chi connectivity index (χ4n) is 4.29. The second-order valence-electron chi connectivity index (χ2n) is 7.31. The van der Waals surface area contributed by atoms with Crippen LogP contribution in [0.2, 0.25) is 15.1 Å². The zero-order chi connectivity index (χ0) is 19.3. The first-order chi connectivity index (χ1) is 13.6. The number of piperidine rings is 1. The molecule has 0 spiro atoms. The Morgan fingerprint density at radius 1 is 0.893 bits per heavy atom. The SMILES string of the molecule is Clc1cc(Cl)c(-c2cc(-c3ccccc3)c3c(c2)C2CNCCC2O3)c(Cl)c1. The Balaban J connectivity index is 1.75. The van der Waals surface area contributed by atoms with Crippen molar-refractivity contribution in [1.29, 1.82) is 0 Å². The van der Waals surface area contributed by atoms with Crippen molar-refractivity contribution in [2.75, 3.05) is 13.1 Å². The van der Waals surface area contributed by atoms with E-state index in [0.717, 1.165) is 47.5 Å². The third-order valence-corrected chi connectivity index (χ3v) is 6.40. The monoisotopic (exact) mass is 429 g/mol. The molecule has 0 radical (unpaired) electrons. The fraction of sp³-hybridized carbons (Fsp3) is 0.217. The van der Waals surface area contributed by atoms with Gasteiger partial charge in [0.25, 0.3) is 0 Å². The first-order valence-electron chi connectivity index (χ1n) is 9.37. The molecular weight excluding hydrogens is 413 g/mol. The van der Waals surface area contributed by atoms with Gasteiger partial charge in [-0.3, -0.25) is 0 Å². The molecule has 1 N–H and O–H groups in total. The molecule has 0 aromatic heterocycles. The van der Waals surface area contributed by atoms with Crippen LogP contribution in [0, 0.1) is 0 Å². The highest BCUT2D eigenvalue weighted by atomic mass is 35.5. The third kappa shape index (κ3) is 3.09. The van der Waals surface area contributed by atoms with Crippen molar-refractivity contribution in [1.82, 2.24) is 5.32 Å². The van der Waals surface area contributed by atoms with Gasteiger partial charge in [-0.1, -0.05) is 65.1 Å². The van der Waals surface area contributed by atoms with Gasteiger partial charge in [-0.15, -0.1) is 0 Å².